The Morgan fingerprint density at radius 2 is 2.08 bits per heavy atom. The lowest BCUT2D eigenvalue weighted by Crippen LogP contribution is -2.45. The molecule has 0 aromatic carbocycles. The molecule has 1 saturated heterocycles. The normalized spacial score (nSPS) is 35.3. The standard InChI is InChI=1S/C11H22O2/c1-4-10(5-2)11(12)6-7-13-9(3)8-11/h9-10,12H,4-8H2,1-3H3. The largest absolute Gasteiger partial charge is 0.389 e. The lowest BCUT2D eigenvalue weighted by Gasteiger charge is -2.41. The Balaban J connectivity index is 2.61. The quantitative estimate of drug-likeness (QED) is 0.733. The van der Waals surface area contributed by atoms with Gasteiger partial charge in [-0.3, -0.25) is 0 Å². The van der Waals surface area contributed by atoms with Gasteiger partial charge in [0.1, 0.15) is 0 Å². The minimum Gasteiger partial charge on any atom is -0.389 e. The Labute approximate surface area is 81.3 Å². The van der Waals surface area contributed by atoms with E-state index in [2.05, 4.69) is 13.8 Å². The Morgan fingerprint density at radius 1 is 1.46 bits per heavy atom. The van der Waals surface area contributed by atoms with Gasteiger partial charge in [-0.1, -0.05) is 26.7 Å². The second kappa shape index (κ2) is 4.43. The molecule has 2 unspecified atom stereocenters. The van der Waals surface area contributed by atoms with Gasteiger partial charge in [0, 0.05) is 13.0 Å². The highest BCUT2D eigenvalue weighted by molar-refractivity contribution is 4.89. The molecule has 2 nitrogen and oxygen atoms in total. The first kappa shape index (κ1) is 11.0. The van der Waals surface area contributed by atoms with Gasteiger partial charge >= 0.3 is 0 Å². The molecule has 0 saturated carbocycles. The van der Waals surface area contributed by atoms with Crippen LogP contribution in [0.3, 0.4) is 0 Å². The summed E-state index contributed by atoms with van der Waals surface area (Å²) in [6.07, 6.45) is 3.97. The molecule has 1 heterocycles. The van der Waals surface area contributed by atoms with Crippen LogP contribution in [0.25, 0.3) is 0 Å². The highest BCUT2D eigenvalue weighted by atomic mass is 16.5. The van der Waals surface area contributed by atoms with Crippen molar-refractivity contribution in [3.63, 3.8) is 0 Å². The Kier molecular flexibility index (Phi) is 3.74. The molecule has 0 aromatic heterocycles. The molecule has 0 spiro atoms. The smallest absolute Gasteiger partial charge is 0.0722 e. The molecular weight excluding hydrogens is 164 g/mol. The van der Waals surface area contributed by atoms with Gasteiger partial charge in [-0.05, 0) is 19.3 Å². The van der Waals surface area contributed by atoms with Crippen molar-refractivity contribution in [3.8, 4) is 0 Å². The fourth-order valence-corrected chi connectivity index (χ4v) is 2.52. The molecule has 1 rings (SSSR count). The maximum Gasteiger partial charge on any atom is 0.0722 e. The van der Waals surface area contributed by atoms with Crippen LogP contribution in [-0.2, 0) is 4.74 Å². The van der Waals surface area contributed by atoms with Crippen LogP contribution in [-0.4, -0.2) is 23.4 Å². The molecule has 2 heteroatoms. The maximum absolute atomic E-state index is 10.4. The van der Waals surface area contributed by atoms with Crippen molar-refractivity contribution in [1.82, 2.24) is 0 Å². The Bertz CT molecular complexity index is 154. The molecule has 1 fully saturated rings. The SMILES string of the molecule is CCC(CC)C1(O)CCOC(C)C1. The Morgan fingerprint density at radius 3 is 2.54 bits per heavy atom. The first-order valence-electron chi connectivity index (χ1n) is 5.46. The van der Waals surface area contributed by atoms with Crippen molar-refractivity contribution in [2.75, 3.05) is 6.61 Å². The van der Waals surface area contributed by atoms with Gasteiger partial charge in [-0.25, -0.2) is 0 Å². The molecule has 0 aliphatic carbocycles. The van der Waals surface area contributed by atoms with Crippen molar-refractivity contribution in [3.05, 3.63) is 0 Å². The number of ether oxygens (including phenoxy) is 1. The molecule has 0 amide bonds. The van der Waals surface area contributed by atoms with E-state index in [-0.39, 0.29) is 6.10 Å². The summed E-state index contributed by atoms with van der Waals surface area (Å²) in [4.78, 5) is 0. The van der Waals surface area contributed by atoms with Gasteiger partial charge in [0.05, 0.1) is 11.7 Å². The van der Waals surface area contributed by atoms with Crippen LogP contribution >= 0.6 is 0 Å². The summed E-state index contributed by atoms with van der Waals surface area (Å²) in [6, 6.07) is 0. The zero-order chi connectivity index (χ0) is 9.90. The summed E-state index contributed by atoms with van der Waals surface area (Å²) in [6.45, 7) is 7.08. The molecule has 1 aliphatic heterocycles. The van der Waals surface area contributed by atoms with E-state index in [9.17, 15) is 5.11 Å². The summed E-state index contributed by atoms with van der Waals surface area (Å²) >= 11 is 0. The number of aliphatic hydroxyl groups is 1. The second-order valence-electron chi connectivity index (χ2n) is 4.25. The molecule has 78 valence electrons. The van der Waals surface area contributed by atoms with E-state index in [1.54, 1.807) is 0 Å². The van der Waals surface area contributed by atoms with Gasteiger partial charge in [0.25, 0.3) is 0 Å². The van der Waals surface area contributed by atoms with Crippen LogP contribution in [0.15, 0.2) is 0 Å². The van der Waals surface area contributed by atoms with Crippen molar-refractivity contribution >= 4 is 0 Å². The van der Waals surface area contributed by atoms with Crippen LogP contribution in [0.5, 0.6) is 0 Å². The zero-order valence-corrected chi connectivity index (χ0v) is 9.05. The molecule has 0 bridgehead atoms. The summed E-state index contributed by atoms with van der Waals surface area (Å²) < 4.78 is 5.45. The van der Waals surface area contributed by atoms with Crippen molar-refractivity contribution in [1.29, 1.82) is 0 Å². The molecule has 13 heavy (non-hydrogen) atoms. The molecule has 0 radical (unpaired) electrons. The third-order valence-corrected chi connectivity index (χ3v) is 3.32. The molecule has 1 aliphatic rings. The zero-order valence-electron chi connectivity index (χ0n) is 9.05. The van der Waals surface area contributed by atoms with Crippen LogP contribution in [0.1, 0.15) is 46.5 Å². The Hall–Kier alpha value is -0.0800. The predicted molar refractivity (Wildman–Crippen MR) is 53.7 cm³/mol. The molecule has 0 aromatic rings. The summed E-state index contributed by atoms with van der Waals surface area (Å²) in [5.41, 5.74) is -0.457. The van der Waals surface area contributed by atoms with Crippen LogP contribution in [0.2, 0.25) is 0 Å². The highest BCUT2D eigenvalue weighted by Gasteiger charge is 2.38. The molecule has 1 N–H and O–H groups in total. The summed E-state index contributed by atoms with van der Waals surface area (Å²) in [5, 5.41) is 10.4. The van der Waals surface area contributed by atoms with Gasteiger partial charge in [-0.15, -0.1) is 0 Å². The third kappa shape index (κ3) is 2.44. The van der Waals surface area contributed by atoms with E-state index in [4.69, 9.17) is 4.74 Å². The van der Waals surface area contributed by atoms with Crippen molar-refractivity contribution in [2.45, 2.75) is 58.2 Å². The van der Waals surface area contributed by atoms with Gasteiger partial charge in [-0.2, -0.15) is 0 Å². The van der Waals surface area contributed by atoms with Crippen LogP contribution in [0.4, 0.5) is 0 Å². The van der Waals surface area contributed by atoms with Crippen molar-refractivity contribution < 1.29 is 9.84 Å². The average molecular weight is 186 g/mol. The first-order chi connectivity index (χ1) is 6.12. The van der Waals surface area contributed by atoms with E-state index in [0.717, 1.165) is 25.7 Å². The first-order valence-corrected chi connectivity index (χ1v) is 5.46. The average Bonchev–Trinajstić information content (AvgIpc) is 2.05. The van der Waals surface area contributed by atoms with E-state index in [0.29, 0.717) is 12.5 Å². The second-order valence-corrected chi connectivity index (χ2v) is 4.25. The minimum absolute atomic E-state index is 0.222. The van der Waals surface area contributed by atoms with Gasteiger partial charge in [0.15, 0.2) is 0 Å². The molecular formula is C11H22O2. The van der Waals surface area contributed by atoms with Crippen LogP contribution in [0, 0.1) is 5.92 Å². The maximum atomic E-state index is 10.4. The lowest BCUT2D eigenvalue weighted by molar-refractivity contribution is -0.128. The highest BCUT2D eigenvalue weighted by Crippen LogP contribution is 2.35. The summed E-state index contributed by atoms with van der Waals surface area (Å²) in [7, 11) is 0. The third-order valence-electron chi connectivity index (χ3n) is 3.32. The van der Waals surface area contributed by atoms with E-state index in [1.807, 2.05) is 6.92 Å². The number of hydrogen-bond donors (Lipinski definition) is 1. The van der Waals surface area contributed by atoms with Gasteiger partial charge < -0.3 is 9.84 Å². The van der Waals surface area contributed by atoms with E-state index < -0.39 is 5.60 Å². The minimum atomic E-state index is -0.457. The number of hydrogen-bond acceptors (Lipinski definition) is 2. The van der Waals surface area contributed by atoms with E-state index in [1.165, 1.54) is 0 Å². The van der Waals surface area contributed by atoms with Gasteiger partial charge in [0.2, 0.25) is 0 Å². The fraction of sp³-hybridized carbons (Fsp3) is 1.00. The lowest BCUT2D eigenvalue weighted by atomic mass is 9.76. The number of rotatable bonds is 3. The van der Waals surface area contributed by atoms with E-state index >= 15 is 0 Å². The fourth-order valence-electron chi connectivity index (χ4n) is 2.52. The summed E-state index contributed by atoms with van der Waals surface area (Å²) in [5.74, 6) is 0.443. The van der Waals surface area contributed by atoms with Crippen LogP contribution < -0.4 is 0 Å². The van der Waals surface area contributed by atoms with Crippen molar-refractivity contribution in [2.24, 2.45) is 5.92 Å². The topological polar surface area (TPSA) is 29.5 Å². The monoisotopic (exact) mass is 186 g/mol. The molecule has 2 atom stereocenters. The predicted octanol–water partition coefficient (Wildman–Crippen LogP) is 2.35.